The first-order valence-corrected chi connectivity index (χ1v) is 7.40. The molecule has 3 N–H and O–H groups in total. The van der Waals surface area contributed by atoms with Crippen LogP contribution in [0.3, 0.4) is 0 Å². The Morgan fingerprint density at radius 1 is 1.20 bits per heavy atom. The Hall–Kier alpha value is -1.42. The van der Waals surface area contributed by atoms with Crippen LogP contribution in [0.2, 0.25) is 0 Å². The third kappa shape index (κ3) is 2.57. The van der Waals surface area contributed by atoms with E-state index in [0.717, 1.165) is 6.61 Å². The van der Waals surface area contributed by atoms with E-state index < -0.39 is 0 Å². The molecule has 3 rings (SSSR count). The van der Waals surface area contributed by atoms with E-state index in [1.165, 1.54) is 29.2 Å². The van der Waals surface area contributed by atoms with Crippen LogP contribution in [-0.4, -0.2) is 12.7 Å². The lowest BCUT2D eigenvalue weighted by atomic mass is 9.93. The van der Waals surface area contributed by atoms with E-state index in [4.69, 9.17) is 10.6 Å². The summed E-state index contributed by atoms with van der Waals surface area (Å²) in [7, 11) is 0. The van der Waals surface area contributed by atoms with Gasteiger partial charge in [0.2, 0.25) is 0 Å². The molecule has 0 saturated heterocycles. The van der Waals surface area contributed by atoms with Crippen LogP contribution in [0.1, 0.15) is 31.4 Å². The predicted molar refractivity (Wildman–Crippen MR) is 82.2 cm³/mol. The van der Waals surface area contributed by atoms with Gasteiger partial charge < -0.3 is 4.74 Å². The molecule has 3 heteroatoms. The molecule has 1 aliphatic carbocycles. The van der Waals surface area contributed by atoms with Crippen molar-refractivity contribution in [3.63, 3.8) is 0 Å². The summed E-state index contributed by atoms with van der Waals surface area (Å²) >= 11 is 0. The average molecular weight is 270 g/mol. The van der Waals surface area contributed by atoms with Gasteiger partial charge >= 0.3 is 0 Å². The lowest BCUT2D eigenvalue weighted by molar-refractivity contribution is 0.0189. The zero-order valence-electron chi connectivity index (χ0n) is 11.9. The van der Waals surface area contributed by atoms with Crippen LogP contribution in [0.15, 0.2) is 42.5 Å². The first-order chi connectivity index (χ1) is 9.85. The highest BCUT2D eigenvalue weighted by Crippen LogP contribution is 2.41. The minimum atomic E-state index is 0.0496. The molecule has 3 nitrogen and oxygen atoms in total. The van der Waals surface area contributed by atoms with Gasteiger partial charge in [-0.15, -0.1) is 0 Å². The minimum Gasteiger partial charge on any atom is -0.376 e. The Kier molecular flexibility index (Phi) is 4.01. The summed E-state index contributed by atoms with van der Waals surface area (Å²) in [6, 6.07) is 14.9. The molecule has 2 atom stereocenters. The van der Waals surface area contributed by atoms with Crippen LogP contribution in [-0.2, 0) is 4.74 Å². The highest BCUT2D eigenvalue weighted by molar-refractivity contribution is 5.86. The standard InChI is InChI=1S/C17H22N2O/c1-2-20-17(13-10-11-13)16(19-18)15-9-5-7-12-6-3-4-8-14(12)15/h3-9,13,16-17,19H,2,10-11,18H2,1H3. The Labute approximate surface area is 120 Å². The summed E-state index contributed by atoms with van der Waals surface area (Å²) in [5.41, 5.74) is 4.22. The van der Waals surface area contributed by atoms with Gasteiger partial charge in [-0.05, 0) is 42.0 Å². The van der Waals surface area contributed by atoms with Gasteiger partial charge in [-0.2, -0.15) is 0 Å². The molecule has 2 aromatic rings. The lowest BCUT2D eigenvalue weighted by Crippen LogP contribution is -2.39. The third-order valence-corrected chi connectivity index (χ3v) is 4.11. The fraction of sp³-hybridized carbons (Fsp3) is 0.412. The first-order valence-electron chi connectivity index (χ1n) is 7.40. The molecule has 0 amide bonds. The van der Waals surface area contributed by atoms with Crippen molar-refractivity contribution in [3.8, 4) is 0 Å². The fourth-order valence-electron chi connectivity index (χ4n) is 3.00. The zero-order chi connectivity index (χ0) is 13.9. The highest BCUT2D eigenvalue weighted by atomic mass is 16.5. The van der Waals surface area contributed by atoms with Gasteiger partial charge in [0.05, 0.1) is 12.1 Å². The molecule has 2 unspecified atom stereocenters. The van der Waals surface area contributed by atoms with E-state index >= 15 is 0 Å². The van der Waals surface area contributed by atoms with Crippen molar-refractivity contribution in [3.05, 3.63) is 48.0 Å². The van der Waals surface area contributed by atoms with Crippen LogP contribution in [0.4, 0.5) is 0 Å². The summed E-state index contributed by atoms with van der Waals surface area (Å²) in [6.07, 6.45) is 2.65. The van der Waals surface area contributed by atoms with E-state index in [9.17, 15) is 0 Å². The maximum atomic E-state index is 5.98. The van der Waals surface area contributed by atoms with E-state index in [-0.39, 0.29) is 12.1 Å². The van der Waals surface area contributed by atoms with E-state index in [2.05, 4.69) is 47.9 Å². The number of hydrazine groups is 1. The maximum Gasteiger partial charge on any atom is 0.0810 e. The molecule has 0 bridgehead atoms. The van der Waals surface area contributed by atoms with Gasteiger partial charge in [0.1, 0.15) is 0 Å². The summed E-state index contributed by atoms with van der Waals surface area (Å²) in [6.45, 7) is 2.77. The van der Waals surface area contributed by atoms with Gasteiger partial charge in [-0.3, -0.25) is 11.3 Å². The quantitative estimate of drug-likeness (QED) is 0.626. The van der Waals surface area contributed by atoms with E-state index in [1.807, 2.05) is 6.92 Å². The van der Waals surface area contributed by atoms with Crippen molar-refractivity contribution in [1.29, 1.82) is 0 Å². The second-order valence-corrected chi connectivity index (χ2v) is 5.47. The van der Waals surface area contributed by atoms with Crippen molar-refractivity contribution in [2.75, 3.05) is 6.61 Å². The van der Waals surface area contributed by atoms with Crippen molar-refractivity contribution < 1.29 is 4.74 Å². The van der Waals surface area contributed by atoms with Crippen molar-refractivity contribution in [2.45, 2.75) is 31.9 Å². The van der Waals surface area contributed by atoms with Crippen LogP contribution in [0, 0.1) is 5.92 Å². The number of hydrogen-bond donors (Lipinski definition) is 2. The lowest BCUT2D eigenvalue weighted by Gasteiger charge is -2.28. The van der Waals surface area contributed by atoms with Gasteiger partial charge in [0, 0.05) is 6.61 Å². The van der Waals surface area contributed by atoms with Crippen molar-refractivity contribution in [2.24, 2.45) is 11.8 Å². The molecule has 0 aliphatic heterocycles. The molecule has 2 aromatic carbocycles. The smallest absolute Gasteiger partial charge is 0.0810 e. The van der Waals surface area contributed by atoms with Crippen LogP contribution >= 0.6 is 0 Å². The van der Waals surface area contributed by atoms with Crippen LogP contribution in [0.5, 0.6) is 0 Å². The normalized spacial score (nSPS) is 18.1. The molecule has 1 aliphatic rings. The van der Waals surface area contributed by atoms with Crippen molar-refractivity contribution in [1.82, 2.24) is 5.43 Å². The maximum absolute atomic E-state index is 5.98. The Balaban J connectivity index is 2.01. The molecular formula is C17H22N2O. The monoisotopic (exact) mass is 270 g/mol. The predicted octanol–water partition coefficient (Wildman–Crippen LogP) is 3.16. The third-order valence-electron chi connectivity index (χ3n) is 4.11. The van der Waals surface area contributed by atoms with Gasteiger partial charge in [0.25, 0.3) is 0 Å². The Morgan fingerprint density at radius 2 is 1.95 bits per heavy atom. The molecular weight excluding hydrogens is 248 g/mol. The molecule has 1 saturated carbocycles. The Bertz CT molecular complexity index is 575. The van der Waals surface area contributed by atoms with Gasteiger partial charge in [-0.25, -0.2) is 0 Å². The number of hydrogen-bond acceptors (Lipinski definition) is 3. The summed E-state index contributed by atoms with van der Waals surface area (Å²) in [5, 5.41) is 2.50. The minimum absolute atomic E-state index is 0.0496. The number of nitrogens with two attached hydrogens (primary N) is 1. The van der Waals surface area contributed by atoms with Gasteiger partial charge in [0.15, 0.2) is 0 Å². The summed E-state index contributed by atoms with van der Waals surface area (Å²) in [5.74, 6) is 6.50. The molecule has 0 radical (unpaired) electrons. The second-order valence-electron chi connectivity index (χ2n) is 5.47. The largest absolute Gasteiger partial charge is 0.376 e. The number of rotatable bonds is 6. The highest BCUT2D eigenvalue weighted by Gasteiger charge is 2.38. The number of ether oxygens (including phenoxy) is 1. The van der Waals surface area contributed by atoms with Crippen LogP contribution < -0.4 is 11.3 Å². The fourth-order valence-corrected chi connectivity index (χ4v) is 3.00. The van der Waals surface area contributed by atoms with E-state index in [0.29, 0.717) is 5.92 Å². The van der Waals surface area contributed by atoms with Crippen molar-refractivity contribution >= 4 is 10.8 Å². The zero-order valence-corrected chi connectivity index (χ0v) is 11.9. The average Bonchev–Trinajstić information content (AvgIpc) is 3.32. The molecule has 0 spiro atoms. The van der Waals surface area contributed by atoms with Crippen LogP contribution in [0.25, 0.3) is 10.8 Å². The van der Waals surface area contributed by atoms with E-state index in [1.54, 1.807) is 0 Å². The number of nitrogens with one attached hydrogen (secondary N) is 1. The Morgan fingerprint density at radius 3 is 2.65 bits per heavy atom. The number of benzene rings is 2. The molecule has 0 aromatic heterocycles. The first kappa shape index (κ1) is 13.6. The number of fused-ring (bicyclic) bond motifs is 1. The van der Waals surface area contributed by atoms with Gasteiger partial charge in [-0.1, -0.05) is 42.5 Å². The second kappa shape index (κ2) is 5.92. The summed E-state index contributed by atoms with van der Waals surface area (Å²) < 4.78 is 5.98. The molecule has 0 heterocycles. The SMILES string of the molecule is CCOC(C1CC1)C(NN)c1cccc2ccccc12. The summed E-state index contributed by atoms with van der Waals surface area (Å²) in [4.78, 5) is 0. The molecule has 106 valence electrons. The topological polar surface area (TPSA) is 47.3 Å². The molecule has 20 heavy (non-hydrogen) atoms. The molecule has 1 fully saturated rings.